The lowest BCUT2D eigenvalue weighted by molar-refractivity contribution is -0.274. The van der Waals surface area contributed by atoms with Crippen LogP contribution in [0.5, 0.6) is 11.5 Å². The Balaban J connectivity index is 1.70. The van der Waals surface area contributed by atoms with E-state index >= 15 is 4.39 Å². The van der Waals surface area contributed by atoms with Crippen LogP contribution in [0.2, 0.25) is 0 Å². The molecule has 1 aliphatic rings. The number of piperidine rings is 1. The molecule has 1 fully saturated rings. The van der Waals surface area contributed by atoms with Gasteiger partial charge in [0.05, 0.1) is 24.1 Å². The third kappa shape index (κ3) is 8.80. The van der Waals surface area contributed by atoms with Crippen molar-refractivity contribution in [2.75, 3.05) is 31.2 Å². The van der Waals surface area contributed by atoms with Crippen molar-refractivity contribution in [3.63, 3.8) is 0 Å². The van der Waals surface area contributed by atoms with Gasteiger partial charge in [-0.05, 0) is 50.1 Å². The summed E-state index contributed by atoms with van der Waals surface area (Å²) in [6.07, 6.45) is -9.96. The number of amides is 1. The quantitative estimate of drug-likeness (QED) is 0.193. The first kappa shape index (κ1) is 36.1. The average Bonchev–Trinajstić information content (AvgIpc) is 2.97. The van der Waals surface area contributed by atoms with Crippen molar-refractivity contribution in [3.05, 3.63) is 63.2 Å². The third-order valence-corrected chi connectivity index (χ3v) is 7.40. The molecular weight excluding hydrogens is 659 g/mol. The lowest BCUT2D eigenvalue weighted by atomic mass is 10.0. The molecule has 48 heavy (non-hydrogen) atoms. The number of aryl methyl sites for hydroxylation is 1. The van der Waals surface area contributed by atoms with E-state index in [0.717, 1.165) is 18.2 Å². The van der Waals surface area contributed by atoms with Crippen molar-refractivity contribution in [3.8, 4) is 11.5 Å². The molecule has 0 unspecified atom stereocenters. The molecule has 1 aromatic heterocycles. The molecule has 262 valence electrons. The Morgan fingerprint density at radius 1 is 1.02 bits per heavy atom. The minimum absolute atomic E-state index is 0.109. The Kier molecular flexibility index (Phi) is 11.0. The van der Waals surface area contributed by atoms with Crippen LogP contribution in [0.15, 0.2) is 35.3 Å². The normalized spacial score (nSPS) is 14.2. The zero-order valence-corrected chi connectivity index (χ0v) is 26.0. The fourth-order valence-electron chi connectivity index (χ4n) is 5.36. The van der Waals surface area contributed by atoms with Crippen molar-refractivity contribution in [1.29, 1.82) is 0 Å². The van der Waals surface area contributed by atoms with Gasteiger partial charge in [-0.15, -0.1) is 13.2 Å². The molecule has 1 saturated heterocycles. The first-order chi connectivity index (χ1) is 22.5. The van der Waals surface area contributed by atoms with E-state index in [1.807, 2.05) is 0 Å². The monoisotopic (exact) mass is 691 g/mol. The molecule has 0 spiro atoms. The standard InChI is InChI=1S/C31H32F7N3O7/c1-4-45-27-24-21(13-23(32)25(27)40-10-8-19(9-11-40)47-29(44)46-5-2)26(42)22(15-41(24)16-30(33,34)35)28(43)39-14-18-6-7-20(12-17(18)3)48-31(36,37)38/h6-7,12-13,15,19H,4-5,8-11,14,16H2,1-3H3,(H,39,43). The number of nitrogens with one attached hydrogen (secondary N) is 1. The van der Waals surface area contributed by atoms with Crippen molar-refractivity contribution in [2.45, 2.75) is 65.3 Å². The van der Waals surface area contributed by atoms with E-state index in [2.05, 4.69) is 10.1 Å². The summed E-state index contributed by atoms with van der Waals surface area (Å²) >= 11 is 0. The molecule has 4 rings (SSSR count). The van der Waals surface area contributed by atoms with Gasteiger partial charge in [0.2, 0.25) is 5.43 Å². The van der Waals surface area contributed by atoms with Crippen LogP contribution in [-0.2, 0) is 22.6 Å². The van der Waals surface area contributed by atoms with Gasteiger partial charge >= 0.3 is 18.7 Å². The molecule has 2 aromatic carbocycles. The number of hydrogen-bond donors (Lipinski definition) is 1. The number of alkyl halides is 6. The van der Waals surface area contributed by atoms with E-state index in [0.29, 0.717) is 16.3 Å². The number of fused-ring (bicyclic) bond motifs is 1. The SMILES string of the molecule is CCOC(=O)OC1CCN(c2c(F)cc3c(=O)c(C(=O)NCc4ccc(OC(F)(F)F)cc4C)cn(CC(F)(F)F)c3c2OCC)CC1. The van der Waals surface area contributed by atoms with E-state index < -0.39 is 65.2 Å². The van der Waals surface area contributed by atoms with E-state index in [9.17, 15) is 40.7 Å². The number of carbonyl (C=O) groups is 2. The highest BCUT2D eigenvalue weighted by Crippen LogP contribution is 2.40. The Hall–Kier alpha value is -4.70. The second-order valence-corrected chi connectivity index (χ2v) is 10.8. The molecule has 1 N–H and O–H groups in total. The topological polar surface area (TPSA) is 108 Å². The highest BCUT2D eigenvalue weighted by atomic mass is 19.4. The summed E-state index contributed by atoms with van der Waals surface area (Å²) in [6, 6.07) is 4.09. The lowest BCUT2D eigenvalue weighted by Gasteiger charge is -2.34. The second kappa shape index (κ2) is 14.6. The number of benzene rings is 2. The molecule has 0 radical (unpaired) electrons. The van der Waals surface area contributed by atoms with Crippen LogP contribution in [0, 0.1) is 12.7 Å². The van der Waals surface area contributed by atoms with E-state index in [4.69, 9.17) is 14.2 Å². The highest BCUT2D eigenvalue weighted by Gasteiger charge is 2.34. The predicted octanol–water partition coefficient (Wildman–Crippen LogP) is 6.38. The van der Waals surface area contributed by atoms with Gasteiger partial charge in [-0.2, -0.15) is 13.2 Å². The summed E-state index contributed by atoms with van der Waals surface area (Å²) in [5.41, 5.74) is -1.75. The molecule has 3 aromatic rings. The fourth-order valence-corrected chi connectivity index (χ4v) is 5.36. The Morgan fingerprint density at radius 2 is 1.71 bits per heavy atom. The zero-order valence-electron chi connectivity index (χ0n) is 26.0. The first-order valence-electron chi connectivity index (χ1n) is 14.8. The summed E-state index contributed by atoms with van der Waals surface area (Å²) in [7, 11) is 0. The molecule has 2 heterocycles. The van der Waals surface area contributed by atoms with Crippen molar-refractivity contribution in [1.82, 2.24) is 9.88 Å². The van der Waals surface area contributed by atoms with Crippen molar-refractivity contribution in [2.24, 2.45) is 0 Å². The number of nitrogens with zero attached hydrogens (tertiary/aromatic N) is 2. The number of ether oxygens (including phenoxy) is 4. The highest BCUT2D eigenvalue weighted by molar-refractivity contribution is 5.99. The van der Waals surface area contributed by atoms with Gasteiger partial charge in [-0.1, -0.05) is 6.07 Å². The molecule has 1 aliphatic heterocycles. The van der Waals surface area contributed by atoms with Crippen LogP contribution in [0.25, 0.3) is 10.9 Å². The van der Waals surface area contributed by atoms with Gasteiger partial charge in [0.25, 0.3) is 5.91 Å². The minimum atomic E-state index is -4.92. The summed E-state index contributed by atoms with van der Waals surface area (Å²) in [5, 5.41) is 1.85. The molecule has 10 nitrogen and oxygen atoms in total. The van der Waals surface area contributed by atoms with Crippen LogP contribution in [-0.4, -0.2) is 61.6 Å². The molecule has 0 atom stereocenters. The summed E-state index contributed by atoms with van der Waals surface area (Å²) < 4.78 is 115. The number of aromatic nitrogens is 1. The van der Waals surface area contributed by atoms with Gasteiger partial charge < -0.3 is 33.7 Å². The van der Waals surface area contributed by atoms with Gasteiger partial charge in [-0.3, -0.25) is 9.59 Å². The van der Waals surface area contributed by atoms with Crippen molar-refractivity contribution < 1.29 is 59.3 Å². The molecule has 17 heteroatoms. The second-order valence-electron chi connectivity index (χ2n) is 10.8. The number of pyridine rings is 1. The Labute approximate surface area is 269 Å². The minimum Gasteiger partial charge on any atom is -0.489 e. The van der Waals surface area contributed by atoms with E-state index in [-0.39, 0.29) is 68.2 Å². The van der Waals surface area contributed by atoms with Gasteiger partial charge in [0, 0.05) is 38.7 Å². The number of halogens is 7. The predicted molar refractivity (Wildman–Crippen MR) is 158 cm³/mol. The smallest absolute Gasteiger partial charge is 0.489 e. The van der Waals surface area contributed by atoms with Gasteiger partial charge in [0.1, 0.15) is 29.6 Å². The molecular formula is C31H32F7N3O7. The molecule has 0 bridgehead atoms. The van der Waals surface area contributed by atoms with Gasteiger partial charge in [-0.25, -0.2) is 9.18 Å². The van der Waals surface area contributed by atoms with Crippen LogP contribution < -0.4 is 25.1 Å². The Bertz CT molecular complexity index is 1720. The fraction of sp³-hybridized carbons (Fsp3) is 0.452. The Morgan fingerprint density at radius 3 is 2.29 bits per heavy atom. The van der Waals surface area contributed by atoms with Crippen LogP contribution in [0.1, 0.15) is 48.2 Å². The summed E-state index contributed by atoms with van der Waals surface area (Å²) in [4.78, 5) is 40.0. The number of anilines is 1. The maximum absolute atomic E-state index is 15.8. The van der Waals surface area contributed by atoms with Crippen LogP contribution in [0.4, 0.5) is 41.2 Å². The maximum Gasteiger partial charge on any atom is 0.573 e. The maximum atomic E-state index is 15.8. The number of rotatable bonds is 10. The first-order valence-corrected chi connectivity index (χ1v) is 14.8. The molecule has 0 saturated carbocycles. The zero-order chi connectivity index (χ0) is 35.4. The summed E-state index contributed by atoms with van der Waals surface area (Å²) in [5.74, 6) is -2.91. The summed E-state index contributed by atoms with van der Waals surface area (Å²) in [6.45, 7) is 2.87. The van der Waals surface area contributed by atoms with Crippen molar-refractivity contribution >= 4 is 28.7 Å². The third-order valence-electron chi connectivity index (χ3n) is 7.40. The largest absolute Gasteiger partial charge is 0.573 e. The number of hydrogen-bond acceptors (Lipinski definition) is 8. The number of carbonyl (C=O) groups excluding carboxylic acids is 2. The molecule has 1 amide bonds. The lowest BCUT2D eigenvalue weighted by Crippen LogP contribution is -2.39. The van der Waals surface area contributed by atoms with E-state index in [1.165, 1.54) is 24.8 Å². The van der Waals surface area contributed by atoms with Crippen LogP contribution in [0.3, 0.4) is 0 Å². The van der Waals surface area contributed by atoms with Crippen LogP contribution >= 0.6 is 0 Å². The van der Waals surface area contributed by atoms with Gasteiger partial charge in [0.15, 0.2) is 11.6 Å². The molecule has 0 aliphatic carbocycles. The average molecular weight is 692 g/mol. The van der Waals surface area contributed by atoms with E-state index in [1.54, 1.807) is 6.92 Å².